The topological polar surface area (TPSA) is 64.7 Å². The largest absolute Gasteiger partial charge is 0.352 e. The fourth-order valence-corrected chi connectivity index (χ4v) is 3.18. The average Bonchev–Trinajstić information content (AvgIpc) is 3.18. The summed E-state index contributed by atoms with van der Waals surface area (Å²) >= 11 is 3.55. The van der Waals surface area contributed by atoms with Gasteiger partial charge in [-0.15, -0.1) is 0 Å². The van der Waals surface area contributed by atoms with Crippen molar-refractivity contribution in [2.45, 2.75) is 40.3 Å². The van der Waals surface area contributed by atoms with Gasteiger partial charge in [-0.3, -0.25) is 14.2 Å². The van der Waals surface area contributed by atoms with E-state index < -0.39 is 0 Å². The lowest BCUT2D eigenvalue weighted by Crippen LogP contribution is -2.25. The Morgan fingerprint density at radius 1 is 1.19 bits per heavy atom. The van der Waals surface area contributed by atoms with E-state index in [0.717, 1.165) is 40.0 Å². The molecule has 142 valence electrons. The number of halogens is 1. The Bertz CT molecular complexity index is 927. The monoisotopic (exact) mass is 429 g/mol. The van der Waals surface area contributed by atoms with Crippen LogP contribution in [0.1, 0.15) is 39.3 Å². The summed E-state index contributed by atoms with van der Waals surface area (Å²) in [6.45, 7) is 8.14. The quantitative estimate of drug-likeness (QED) is 0.583. The summed E-state index contributed by atoms with van der Waals surface area (Å²) in [6, 6.07) is 7.68. The van der Waals surface area contributed by atoms with E-state index in [9.17, 15) is 4.79 Å². The lowest BCUT2D eigenvalue weighted by Gasteiger charge is -2.08. The van der Waals surface area contributed by atoms with Gasteiger partial charge in [0.25, 0.3) is 5.91 Å². The fraction of sp³-hybridized carbons (Fsp3) is 0.350. The number of carbonyl (C=O) groups excluding carboxylic acids is 1. The van der Waals surface area contributed by atoms with Gasteiger partial charge in [0.15, 0.2) is 0 Å². The minimum absolute atomic E-state index is 0.0490. The van der Waals surface area contributed by atoms with Crippen LogP contribution < -0.4 is 5.32 Å². The predicted octanol–water partition coefficient (Wildman–Crippen LogP) is 3.64. The summed E-state index contributed by atoms with van der Waals surface area (Å²) < 4.78 is 4.91. The van der Waals surface area contributed by atoms with Crippen LogP contribution in [0, 0.1) is 20.8 Å². The highest BCUT2D eigenvalue weighted by atomic mass is 79.9. The second-order valence-electron chi connectivity index (χ2n) is 6.73. The minimum atomic E-state index is -0.0490. The highest BCUT2D eigenvalue weighted by Crippen LogP contribution is 2.20. The molecule has 3 rings (SSSR count). The lowest BCUT2D eigenvalue weighted by atomic mass is 10.1. The van der Waals surface area contributed by atoms with Gasteiger partial charge in [-0.2, -0.15) is 10.2 Å². The Kier molecular flexibility index (Phi) is 6.11. The third-order valence-electron chi connectivity index (χ3n) is 4.45. The summed E-state index contributed by atoms with van der Waals surface area (Å²) in [4.78, 5) is 12.3. The van der Waals surface area contributed by atoms with Crippen LogP contribution in [0.15, 0.2) is 41.1 Å². The normalized spacial score (nSPS) is 11.0. The van der Waals surface area contributed by atoms with Crippen molar-refractivity contribution in [3.05, 3.63) is 69.2 Å². The molecule has 2 heterocycles. The Balaban J connectivity index is 1.50. The van der Waals surface area contributed by atoms with Crippen molar-refractivity contribution < 1.29 is 4.79 Å². The Morgan fingerprint density at radius 3 is 2.52 bits per heavy atom. The number of rotatable bonds is 7. The van der Waals surface area contributed by atoms with Crippen LogP contribution in [0.5, 0.6) is 0 Å². The predicted molar refractivity (Wildman–Crippen MR) is 109 cm³/mol. The van der Waals surface area contributed by atoms with E-state index in [2.05, 4.69) is 31.4 Å². The van der Waals surface area contributed by atoms with E-state index in [-0.39, 0.29) is 5.91 Å². The van der Waals surface area contributed by atoms with Crippen molar-refractivity contribution in [3.8, 4) is 0 Å². The minimum Gasteiger partial charge on any atom is -0.352 e. The number of aryl methyl sites for hydroxylation is 3. The molecule has 3 aromatic rings. The van der Waals surface area contributed by atoms with Gasteiger partial charge in [0.05, 0.1) is 28.6 Å². The zero-order chi connectivity index (χ0) is 19.4. The standard InChI is InChI=1S/C20H24BrN5O/c1-14-11-23-25(12-14)10-4-9-22-20(27)18-7-5-17(6-8-18)13-26-16(3)19(21)15(2)24-26/h5-8,11-12H,4,9-10,13H2,1-3H3,(H,22,27). The molecule has 0 radical (unpaired) electrons. The smallest absolute Gasteiger partial charge is 0.251 e. The second-order valence-corrected chi connectivity index (χ2v) is 7.52. The maximum atomic E-state index is 12.3. The number of carbonyl (C=O) groups is 1. The third-order valence-corrected chi connectivity index (χ3v) is 5.60. The van der Waals surface area contributed by atoms with Gasteiger partial charge in [0, 0.05) is 24.8 Å². The van der Waals surface area contributed by atoms with E-state index in [1.807, 2.05) is 66.8 Å². The van der Waals surface area contributed by atoms with Crippen LogP contribution in [0.3, 0.4) is 0 Å². The number of benzene rings is 1. The molecule has 0 unspecified atom stereocenters. The molecule has 0 atom stereocenters. The number of nitrogens with zero attached hydrogens (tertiary/aromatic N) is 4. The molecule has 0 spiro atoms. The molecule has 1 amide bonds. The van der Waals surface area contributed by atoms with Crippen molar-refractivity contribution in [1.82, 2.24) is 24.9 Å². The number of aromatic nitrogens is 4. The zero-order valence-corrected chi connectivity index (χ0v) is 17.5. The van der Waals surface area contributed by atoms with E-state index >= 15 is 0 Å². The van der Waals surface area contributed by atoms with Gasteiger partial charge in [0.2, 0.25) is 0 Å². The van der Waals surface area contributed by atoms with E-state index in [4.69, 9.17) is 0 Å². The van der Waals surface area contributed by atoms with Crippen molar-refractivity contribution >= 4 is 21.8 Å². The average molecular weight is 430 g/mol. The number of hydrogen-bond donors (Lipinski definition) is 1. The number of amides is 1. The van der Waals surface area contributed by atoms with Crippen LogP contribution in [0.4, 0.5) is 0 Å². The molecule has 6 nitrogen and oxygen atoms in total. The molecule has 2 aromatic heterocycles. The summed E-state index contributed by atoms with van der Waals surface area (Å²) in [6.07, 6.45) is 4.69. The molecule has 0 fully saturated rings. The van der Waals surface area contributed by atoms with Crippen LogP contribution in [-0.2, 0) is 13.1 Å². The SMILES string of the molecule is Cc1cnn(CCCNC(=O)c2ccc(Cn3nc(C)c(Br)c3C)cc2)c1. The molecular formula is C20H24BrN5O. The molecule has 0 aliphatic heterocycles. The summed E-state index contributed by atoms with van der Waals surface area (Å²) in [5, 5.41) is 11.7. The summed E-state index contributed by atoms with van der Waals surface area (Å²) in [5.74, 6) is -0.0490. The lowest BCUT2D eigenvalue weighted by molar-refractivity contribution is 0.0952. The van der Waals surface area contributed by atoms with Gasteiger partial charge in [-0.1, -0.05) is 12.1 Å². The van der Waals surface area contributed by atoms with E-state index in [1.54, 1.807) is 0 Å². The Hall–Kier alpha value is -2.41. The van der Waals surface area contributed by atoms with Crippen LogP contribution in [-0.4, -0.2) is 32.0 Å². The number of hydrogen-bond acceptors (Lipinski definition) is 3. The van der Waals surface area contributed by atoms with Crippen molar-refractivity contribution in [1.29, 1.82) is 0 Å². The second kappa shape index (κ2) is 8.52. The first kappa shape index (κ1) is 19.4. The Morgan fingerprint density at radius 2 is 1.93 bits per heavy atom. The molecule has 0 aliphatic rings. The van der Waals surface area contributed by atoms with Gasteiger partial charge >= 0.3 is 0 Å². The first-order valence-corrected chi connectivity index (χ1v) is 9.79. The molecule has 0 bridgehead atoms. The number of nitrogens with one attached hydrogen (secondary N) is 1. The highest BCUT2D eigenvalue weighted by Gasteiger charge is 2.10. The molecule has 0 aliphatic carbocycles. The van der Waals surface area contributed by atoms with Crippen LogP contribution in [0.25, 0.3) is 0 Å². The highest BCUT2D eigenvalue weighted by molar-refractivity contribution is 9.10. The molecule has 1 aromatic carbocycles. The zero-order valence-electron chi connectivity index (χ0n) is 15.9. The van der Waals surface area contributed by atoms with Crippen molar-refractivity contribution in [2.75, 3.05) is 6.54 Å². The van der Waals surface area contributed by atoms with Crippen molar-refractivity contribution in [3.63, 3.8) is 0 Å². The van der Waals surface area contributed by atoms with E-state index in [1.165, 1.54) is 0 Å². The van der Waals surface area contributed by atoms with Gasteiger partial charge in [-0.05, 0) is 66.4 Å². The van der Waals surface area contributed by atoms with Gasteiger partial charge in [0.1, 0.15) is 0 Å². The maximum absolute atomic E-state index is 12.3. The summed E-state index contributed by atoms with van der Waals surface area (Å²) in [5.41, 5.74) is 5.00. The van der Waals surface area contributed by atoms with Crippen LogP contribution >= 0.6 is 15.9 Å². The molecule has 0 saturated carbocycles. The Labute approximate surface area is 167 Å². The van der Waals surface area contributed by atoms with Crippen LogP contribution in [0.2, 0.25) is 0 Å². The summed E-state index contributed by atoms with van der Waals surface area (Å²) in [7, 11) is 0. The first-order chi connectivity index (χ1) is 12.9. The first-order valence-electron chi connectivity index (χ1n) is 8.99. The molecule has 1 N–H and O–H groups in total. The molecule has 0 saturated heterocycles. The molecule has 27 heavy (non-hydrogen) atoms. The van der Waals surface area contributed by atoms with Gasteiger partial charge < -0.3 is 5.32 Å². The fourth-order valence-electron chi connectivity index (χ4n) is 2.90. The molecule has 7 heteroatoms. The van der Waals surface area contributed by atoms with Gasteiger partial charge in [-0.25, -0.2) is 0 Å². The molecular weight excluding hydrogens is 406 g/mol. The van der Waals surface area contributed by atoms with E-state index in [0.29, 0.717) is 18.7 Å². The third kappa shape index (κ3) is 4.86. The van der Waals surface area contributed by atoms with Crippen molar-refractivity contribution in [2.24, 2.45) is 0 Å². The maximum Gasteiger partial charge on any atom is 0.251 e.